The van der Waals surface area contributed by atoms with E-state index in [1.807, 2.05) is 18.8 Å². The highest BCUT2D eigenvalue weighted by molar-refractivity contribution is 14.0. The van der Waals surface area contributed by atoms with Gasteiger partial charge in [0.15, 0.2) is 5.96 Å². The van der Waals surface area contributed by atoms with Gasteiger partial charge in [0, 0.05) is 38.4 Å². The first-order chi connectivity index (χ1) is 12.0. The number of piperidine rings is 1. The molecule has 1 fully saturated rings. The van der Waals surface area contributed by atoms with Gasteiger partial charge in [-0.25, -0.2) is 0 Å². The molecule has 0 saturated carbocycles. The summed E-state index contributed by atoms with van der Waals surface area (Å²) in [6.45, 7) is 12.0. The van der Waals surface area contributed by atoms with Crippen LogP contribution in [0, 0.1) is 19.8 Å². The highest BCUT2D eigenvalue weighted by Gasteiger charge is 2.14. The molecule has 2 rings (SSSR count). The third-order valence-electron chi connectivity index (χ3n) is 5.38. The van der Waals surface area contributed by atoms with Crippen LogP contribution in [-0.2, 0) is 13.6 Å². The molecule has 0 aliphatic carbocycles. The monoisotopic (exact) mass is 476 g/mol. The molecule has 1 saturated heterocycles. The summed E-state index contributed by atoms with van der Waals surface area (Å²) in [5.41, 5.74) is 3.54. The summed E-state index contributed by atoms with van der Waals surface area (Å²) in [6.07, 6.45) is 5.15. The number of unbranched alkanes of at least 4 members (excludes halogenated alkanes) is 1. The van der Waals surface area contributed by atoms with Gasteiger partial charge in [-0.1, -0.05) is 6.92 Å². The second-order valence-electron chi connectivity index (χ2n) is 7.36. The Bertz CT molecular complexity index is 561. The van der Waals surface area contributed by atoms with E-state index in [1.54, 1.807) is 0 Å². The smallest absolute Gasteiger partial charge is 0.191 e. The third-order valence-corrected chi connectivity index (χ3v) is 5.38. The van der Waals surface area contributed by atoms with Crippen LogP contribution in [0.2, 0.25) is 0 Å². The number of nitrogens with one attached hydrogen (secondary N) is 2. The number of rotatable bonds is 7. The molecule has 0 spiro atoms. The molecular weight excluding hydrogens is 439 g/mol. The van der Waals surface area contributed by atoms with Gasteiger partial charge >= 0.3 is 0 Å². The maximum absolute atomic E-state index is 4.46. The van der Waals surface area contributed by atoms with Crippen molar-refractivity contribution in [2.75, 3.05) is 33.2 Å². The fraction of sp³-hybridized carbons (Fsp3) is 0.789. The Kier molecular flexibility index (Phi) is 10.5. The lowest BCUT2D eigenvalue weighted by molar-refractivity contribution is 0.189. The van der Waals surface area contributed by atoms with E-state index in [-0.39, 0.29) is 24.0 Å². The molecule has 2 N–H and O–H groups in total. The van der Waals surface area contributed by atoms with Crippen molar-refractivity contribution >= 4 is 29.9 Å². The van der Waals surface area contributed by atoms with Crippen molar-refractivity contribution in [1.29, 1.82) is 0 Å². The van der Waals surface area contributed by atoms with E-state index in [1.165, 1.54) is 56.6 Å². The number of halogens is 1. The molecule has 0 amide bonds. The minimum Gasteiger partial charge on any atom is -0.356 e. The van der Waals surface area contributed by atoms with E-state index in [0.29, 0.717) is 0 Å². The molecule has 26 heavy (non-hydrogen) atoms. The van der Waals surface area contributed by atoms with E-state index in [0.717, 1.165) is 30.7 Å². The molecule has 150 valence electrons. The minimum absolute atomic E-state index is 0. The molecule has 1 aliphatic rings. The molecule has 1 aliphatic heterocycles. The van der Waals surface area contributed by atoms with Crippen molar-refractivity contribution in [3.63, 3.8) is 0 Å². The zero-order chi connectivity index (χ0) is 18.2. The molecular formula is C19H37IN6. The minimum atomic E-state index is 0. The van der Waals surface area contributed by atoms with Crippen LogP contribution >= 0.6 is 24.0 Å². The van der Waals surface area contributed by atoms with Gasteiger partial charge in [-0.15, -0.1) is 24.0 Å². The number of aromatic nitrogens is 2. The van der Waals surface area contributed by atoms with Crippen molar-refractivity contribution in [2.24, 2.45) is 18.0 Å². The van der Waals surface area contributed by atoms with Gasteiger partial charge in [-0.3, -0.25) is 9.67 Å². The summed E-state index contributed by atoms with van der Waals surface area (Å²) in [6, 6.07) is 0. The van der Waals surface area contributed by atoms with Gasteiger partial charge in [0.2, 0.25) is 0 Å². The highest BCUT2D eigenvalue weighted by atomic mass is 127. The van der Waals surface area contributed by atoms with E-state index in [9.17, 15) is 0 Å². The predicted octanol–water partition coefficient (Wildman–Crippen LogP) is 2.83. The number of aliphatic imine (C=N–C) groups is 1. The average molecular weight is 476 g/mol. The average Bonchev–Trinajstić information content (AvgIpc) is 2.84. The summed E-state index contributed by atoms with van der Waals surface area (Å²) >= 11 is 0. The van der Waals surface area contributed by atoms with Crippen LogP contribution in [0.4, 0.5) is 0 Å². The number of nitrogens with zero attached hydrogens (tertiary/aromatic N) is 4. The van der Waals surface area contributed by atoms with Crippen LogP contribution in [0.5, 0.6) is 0 Å². The van der Waals surface area contributed by atoms with E-state index < -0.39 is 0 Å². The Morgan fingerprint density at radius 3 is 2.46 bits per heavy atom. The molecule has 1 aromatic heterocycles. The van der Waals surface area contributed by atoms with Crippen LogP contribution in [0.25, 0.3) is 0 Å². The molecule has 2 heterocycles. The van der Waals surface area contributed by atoms with Crippen LogP contribution in [0.3, 0.4) is 0 Å². The topological polar surface area (TPSA) is 57.5 Å². The summed E-state index contributed by atoms with van der Waals surface area (Å²) in [5, 5.41) is 11.3. The van der Waals surface area contributed by atoms with Crippen molar-refractivity contribution in [3.05, 3.63) is 17.0 Å². The van der Waals surface area contributed by atoms with Crippen LogP contribution in [-0.4, -0.2) is 53.9 Å². The van der Waals surface area contributed by atoms with Crippen LogP contribution in [0.1, 0.15) is 49.6 Å². The Morgan fingerprint density at radius 1 is 1.19 bits per heavy atom. The van der Waals surface area contributed by atoms with Crippen molar-refractivity contribution < 1.29 is 0 Å². The number of aryl methyl sites for hydroxylation is 2. The number of hydrogen-bond acceptors (Lipinski definition) is 3. The van der Waals surface area contributed by atoms with Gasteiger partial charge in [0.05, 0.1) is 5.69 Å². The Hall–Kier alpha value is -0.830. The zero-order valence-electron chi connectivity index (χ0n) is 17.1. The number of likely N-dealkylation sites (tertiary alicyclic amines) is 1. The molecule has 0 unspecified atom stereocenters. The highest BCUT2D eigenvalue weighted by Crippen LogP contribution is 2.16. The normalized spacial score (nSPS) is 16.4. The first kappa shape index (κ1) is 23.2. The summed E-state index contributed by atoms with van der Waals surface area (Å²) < 4.78 is 1.93. The third kappa shape index (κ3) is 7.06. The molecule has 7 heteroatoms. The predicted molar refractivity (Wildman–Crippen MR) is 120 cm³/mol. The van der Waals surface area contributed by atoms with E-state index in [4.69, 9.17) is 0 Å². The van der Waals surface area contributed by atoms with Gasteiger partial charge < -0.3 is 15.5 Å². The van der Waals surface area contributed by atoms with Crippen molar-refractivity contribution in [1.82, 2.24) is 25.3 Å². The molecule has 1 aromatic rings. The fourth-order valence-corrected chi connectivity index (χ4v) is 3.42. The van der Waals surface area contributed by atoms with Gasteiger partial charge in [-0.2, -0.15) is 5.10 Å². The largest absolute Gasteiger partial charge is 0.356 e. The lowest BCUT2D eigenvalue weighted by Gasteiger charge is -2.30. The Morgan fingerprint density at radius 2 is 1.88 bits per heavy atom. The van der Waals surface area contributed by atoms with Crippen molar-refractivity contribution in [3.8, 4) is 0 Å². The standard InChI is InChI=1S/C19H36N6.HI/c1-15-8-12-25(13-9-15)11-7-6-10-21-19(20-4)22-14-18-16(2)23-24(5)17(18)3;/h15H,6-14H2,1-5H3,(H2,20,21,22);1H. The second-order valence-corrected chi connectivity index (χ2v) is 7.36. The molecule has 0 aromatic carbocycles. The summed E-state index contributed by atoms with van der Waals surface area (Å²) in [4.78, 5) is 6.93. The quantitative estimate of drug-likeness (QED) is 0.275. The lowest BCUT2D eigenvalue weighted by Crippen LogP contribution is -2.38. The summed E-state index contributed by atoms with van der Waals surface area (Å²) in [5.74, 6) is 1.79. The molecule has 0 bridgehead atoms. The molecule has 0 atom stereocenters. The van der Waals surface area contributed by atoms with Crippen molar-refractivity contribution in [2.45, 2.75) is 53.0 Å². The maximum atomic E-state index is 4.46. The zero-order valence-corrected chi connectivity index (χ0v) is 19.5. The van der Waals surface area contributed by atoms with Gasteiger partial charge in [0.25, 0.3) is 0 Å². The summed E-state index contributed by atoms with van der Waals surface area (Å²) in [7, 11) is 3.81. The van der Waals surface area contributed by atoms with E-state index in [2.05, 4.69) is 46.4 Å². The molecule has 0 radical (unpaired) electrons. The van der Waals surface area contributed by atoms with Crippen LogP contribution in [0.15, 0.2) is 4.99 Å². The maximum Gasteiger partial charge on any atom is 0.191 e. The molecule has 6 nitrogen and oxygen atoms in total. The van der Waals surface area contributed by atoms with E-state index >= 15 is 0 Å². The van der Waals surface area contributed by atoms with Gasteiger partial charge in [-0.05, 0) is 65.1 Å². The number of guanidine groups is 1. The fourth-order valence-electron chi connectivity index (χ4n) is 3.42. The SMILES string of the molecule is CN=C(NCCCCN1CCC(C)CC1)NCc1c(C)nn(C)c1C.I. The Labute approximate surface area is 176 Å². The second kappa shape index (κ2) is 11.8. The van der Waals surface area contributed by atoms with Crippen LogP contribution < -0.4 is 10.6 Å². The Balaban J connectivity index is 0.00000338. The number of hydrogen-bond donors (Lipinski definition) is 2. The first-order valence-electron chi connectivity index (χ1n) is 9.67. The lowest BCUT2D eigenvalue weighted by atomic mass is 9.99. The first-order valence-corrected chi connectivity index (χ1v) is 9.67. The van der Waals surface area contributed by atoms with Gasteiger partial charge in [0.1, 0.15) is 0 Å².